The van der Waals surface area contributed by atoms with Gasteiger partial charge in [0, 0.05) is 24.7 Å². The molecule has 0 fully saturated rings. The fourth-order valence-electron chi connectivity index (χ4n) is 1.99. The van der Waals surface area contributed by atoms with Crippen LogP contribution >= 0.6 is 12.2 Å². The van der Waals surface area contributed by atoms with Gasteiger partial charge in [0.05, 0.1) is 4.99 Å². The second kappa shape index (κ2) is 6.19. The molecule has 2 nitrogen and oxygen atoms in total. The molecule has 1 aromatic rings. The molecule has 0 radical (unpaired) electrons. The SMILES string of the molecule is Cc1ccccc1N(C)CCCC(C)(C)C(N)=S. The molecular formula is C15H24N2S. The van der Waals surface area contributed by atoms with Crippen LogP contribution in [0.2, 0.25) is 0 Å². The number of nitrogens with two attached hydrogens (primary N) is 1. The predicted octanol–water partition coefficient (Wildman–Crippen LogP) is 3.52. The van der Waals surface area contributed by atoms with Crippen LogP contribution in [0.1, 0.15) is 32.3 Å². The highest BCUT2D eigenvalue weighted by Crippen LogP contribution is 2.24. The highest BCUT2D eigenvalue weighted by atomic mass is 32.1. The first-order chi connectivity index (χ1) is 8.34. The molecule has 18 heavy (non-hydrogen) atoms. The number of anilines is 1. The van der Waals surface area contributed by atoms with E-state index in [1.54, 1.807) is 0 Å². The van der Waals surface area contributed by atoms with Crippen molar-refractivity contribution < 1.29 is 0 Å². The molecule has 0 aromatic heterocycles. The summed E-state index contributed by atoms with van der Waals surface area (Å²) in [6, 6.07) is 8.46. The van der Waals surface area contributed by atoms with Crippen LogP contribution in [0.15, 0.2) is 24.3 Å². The van der Waals surface area contributed by atoms with Gasteiger partial charge in [-0.2, -0.15) is 0 Å². The molecule has 0 unspecified atom stereocenters. The van der Waals surface area contributed by atoms with Crippen molar-refractivity contribution in [2.45, 2.75) is 33.6 Å². The van der Waals surface area contributed by atoms with Crippen LogP contribution in [-0.4, -0.2) is 18.6 Å². The second-order valence-corrected chi connectivity index (χ2v) is 6.00. The Labute approximate surface area is 116 Å². The summed E-state index contributed by atoms with van der Waals surface area (Å²) in [4.78, 5) is 2.91. The minimum Gasteiger partial charge on any atom is -0.393 e. The van der Waals surface area contributed by atoms with Gasteiger partial charge in [-0.05, 0) is 31.4 Å². The number of hydrogen-bond donors (Lipinski definition) is 1. The zero-order valence-corrected chi connectivity index (χ0v) is 12.7. The van der Waals surface area contributed by atoms with Crippen LogP contribution in [0, 0.1) is 12.3 Å². The molecule has 0 aliphatic carbocycles. The molecule has 1 aromatic carbocycles. The fraction of sp³-hybridized carbons (Fsp3) is 0.533. The third-order valence-corrected chi connectivity index (χ3v) is 4.04. The molecule has 0 bridgehead atoms. The molecule has 100 valence electrons. The van der Waals surface area contributed by atoms with Crippen LogP contribution in [0.25, 0.3) is 0 Å². The van der Waals surface area contributed by atoms with E-state index >= 15 is 0 Å². The van der Waals surface area contributed by atoms with Gasteiger partial charge in [-0.15, -0.1) is 0 Å². The average molecular weight is 264 g/mol. The van der Waals surface area contributed by atoms with Crippen LogP contribution in [0.3, 0.4) is 0 Å². The Morgan fingerprint density at radius 3 is 2.50 bits per heavy atom. The third-order valence-electron chi connectivity index (χ3n) is 3.49. The van der Waals surface area contributed by atoms with E-state index < -0.39 is 0 Å². The first-order valence-corrected chi connectivity index (χ1v) is 6.82. The quantitative estimate of drug-likeness (QED) is 0.797. The summed E-state index contributed by atoms with van der Waals surface area (Å²) in [6.07, 6.45) is 2.12. The van der Waals surface area contributed by atoms with Gasteiger partial charge in [-0.1, -0.05) is 44.3 Å². The fourth-order valence-corrected chi connectivity index (χ4v) is 2.10. The molecule has 0 aliphatic heterocycles. The smallest absolute Gasteiger partial charge is 0.0784 e. The minimum atomic E-state index is -0.0398. The van der Waals surface area contributed by atoms with Crippen molar-refractivity contribution in [3.05, 3.63) is 29.8 Å². The Hall–Kier alpha value is -1.09. The molecule has 0 spiro atoms. The van der Waals surface area contributed by atoms with E-state index in [0.29, 0.717) is 4.99 Å². The van der Waals surface area contributed by atoms with Crippen LogP contribution in [0.4, 0.5) is 5.69 Å². The molecule has 0 aliphatic rings. The Morgan fingerprint density at radius 1 is 1.33 bits per heavy atom. The Bertz CT molecular complexity index is 413. The van der Waals surface area contributed by atoms with Gasteiger partial charge in [0.2, 0.25) is 0 Å². The monoisotopic (exact) mass is 264 g/mol. The second-order valence-electron chi connectivity index (χ2n) is 5.56. The molecule has 1 rings (SSSR count). The molecule has 0 amide bonds. The van der Waals surface area contributed by atoms with Gasteiger partial charge in [0.25, 0.3) is 0 Å². The van der Waals surface area contributed by atoms with Gasteiger partial charge >= 0.3 is 0 Å². The van der Waals surface area contributed by atoms with E-state index in [9.17, 15) is 0 Å². The number of nitrogens with zero attached hydrogens (tertiary/aromatic N) is 1. The minimum absolute atomic E-state index is 0.0398. The van der Waals surface area contributed by atoms with Gasteiger partial charge in [-0.25, -0.2) is 0 Å². The highest BCUT2D eigenvalue weighted by molar-refractivity contribution is 7.80. The summed E-state index contributed by atoms with van der Waals surface area (Å²) in [6.45, 7) is 7.40. The van der Waals surface area contributed by atoms with Crippen molar-refractivity contribution in [2.75, 3.05) is 18.5 Å². The molecular weight excluding hydrogens is 240 g/mol. The summed E-state index contributed by atoms with van der Waals surface area (Å²) < 4.78 is 0. The normalized spacial score (nSPS) is 11.3. The molecule has 0 atom stereocenters. The zero-order valence-electron chi connectivity index (χ0n) is 11.9. The molecule has 2 N–H and O–H groups in total. The van der Waals surface area contributed by atoms with Gasteiger partial charge in [0.15, 0.2) is 0 Å². The first kappa shape index (κ1) is 15.0. The van der Waals surface area contributed by atoms with Crippen LogP contribution in [-0.2, 0) is 0 Å². The van der Waals surface area contributed by atoms with Crippen LogP contribution < -0.4 is 10.6 Å². The zero-order chi connectivity index (χ0) is 13.8. The molecule has 0 heterocycles. The lowest BCUT2D eigenvalue weighted by molar-refractivity contribution is 0.461. The largest absolute Gasteiger partial charge is 0.393 e. The number of rotatable bonds is 6. The number of hydrogen-bond acceptors (Lipinski definition) is 2. The van der Waals surface area contributed by atoms with Crippen molar-refractivity contribution >= 4 is 22.9 Å². The van der Waals surface area contributed by atoms with Gasteiger partial charge < -0.3 is 10.6 Å². The maximum atomic E-state index is 5.74. The van der Waals surface area contributed by atoms with E-state index in [2.05, 4.69) is 57.0 Å². The van der Waals surface area contributed by atoms with Crippen molar-refractivity contribution in [1.29, 1.82) is 0 Å². The number of para-hydroxylation sites is 1. The Kier molecular flexibility index (Phi) is 5.15. The van der Waals surface area contributed by atoms with Crippen molar-refractivity contribution in [3.8, 4) is 0 Å². The summed E-state index contributed by atoms with van der Waals surface area (Å²) in [7, 11) is 2.14. The predicted molar refractivity (Wildman–Crippen MR) is 84.2 cm³/mol. The lowest BCUT2D eigenvalue weighted by Gasteiger charge is -2.26. The standard InChI is InChI=1S/C15H24N2S/c1-12-8-5-6-9-13(12)17(4)11-7-10-15(2,3)14(16)18/h5-6,8-9H,7,10-11H2,1-4H3,(H2,16,18). The van der Waals surface area contributed by atoms with Gasteiger partial charge in [-0.3, -0.25) is 0 Å². The number of benzene rings is 1. The highest BCUT2D eigenvalue weighted by Gasteiger charge is 2.20. The summed E-state index contributed by atoms with van der Waals surface area (Å²) in [5.74, 6) is 0. The van der Waals surface area contributed by atoms with E-state index in [4.69, 9.17) is 18.0 Å². The Morgan fingerprint density at radius 2 is 1.94 bits per heavy atom. The molecule has 0 saturated heterocycles. The van der Waals surface area contributed by atoms with E-state index in [1.807, 2.05) is 0 Å². The Balaban J connectivity index is 2.50. The summed E-state index contributed by atoms with van der Waals surface area (Å²) in [5.41, 5.74) is 8.31. The molecule has 3 heteroatoms. The van der Waals surface area contributed by atoms with Crippen molar-refractivity contribution in [2.24, 2.45) is 11.1 Å². The average Bonchev–Trinajstić information content (AvgIpc) is 2.29. The maximum Gasteiger partial charge on any atom is 0.0784 e. The van der Waals surface area contributed by atoms with Crippen LogP contribution in [0.5, 0.6) is 0 Å². The van der Waals surface area contributed by atoms with Crippen molar-refractivity contribution in [1.82, 2.24) is 0 Å². The lowest BCUT2D eigenvalue weighted by atomic mass is 9.88. The lowest BCUT2D eigenvalue weighted by Crippen LogP contribution is -2.31. The number of thiocarbonyl (C=S) groups is 1. The summed E-state index contributed by atoms with van der Waals surface area (Å²) in [5, 5.41) is 0. The van der Waals surface area contributed by atoms with E-state index in [1.165, 1.54) is 11.3 Å². The first-order valence-electron chi connectivity index (χ1n) is 6.41. The maximum absolute atomic E-state index is 5.74. The van der Waals surface area contributed by atoms with E-state index in [-0.39, 0.29) is 5.41 Å². The van der Waals surface area contributed by atoms with Gasteiger partial charge in [0.1, 0.15) is 0 Å². The van der Waals surface area contributed by atoms with Crippen molar-refractivity contribution in [3.63, 3.8) is 0 Å². The molecule has 0 saturated carbocycles. The topological polar surface area (TPSA) is 29.3 Å². The van der Waals surface area contributed by atoms with E-state index in [0.717, 1.165) is 19.4 Å². The number of aryl methyl sites for hydroxylation is 1. The summed E-state index contributed by atoms with van der Waals surface area (Å²) >= 11 is 5.09. The third kappa shape index (κ3) is 3.98.